The maximum atomic E-state index is 11.5. The van der Waals surface area contributed by atoms with Crippen LogP contribution in [-0.4, -0.2) is 11.7 Å². The van der Waals surface area contributed by atoms with Gasteiger partial charge in [-0.15, -0.1) is 4.91 Å². The van der Waals surface area contributed by atoms with Crippen LogP contribution in [0.15, 0.2) is 23.4 Å². The highest BCUT2D eigenvalue weighted by molar-refractivity contribution is 6.31. The van der Waals surface area contributed by atoms with Crippen molar-refractivity contribution in [2.75, 3.05) is 5.32 Å². The molecule has 92 valence electrons. The average Bonchev–Trinajstić information content (AvgIpc) is 2.17. The minimum Gasteiger partial charge on any atom is -0.444 e. The number of hydrogen-bond donors (Lipinski definition) is 1. The highest BCUT2D eigenvalue weighted by atomic mass is 35.5. The maximum Gasteiger partial charge on any atom is 0.412 e. The van der Waals surface area contributed by atoms with Gasteiger partial charge in [-0.2, -0.15) is 0 Å². The van der Waals surface area contributed by atoms with Crippen LogP contribution in [0.4, 0.5) is 16.2 Å². The lowest BCUT2D eigenvalue weighted by Crippen LogP contribution is -2.27. The first-order valence-corrected chi connectivity index (χ1v) is 5.32. The van der Waals surface area contributed by atoms with E-state index in [2.05, 4.69) is 10.5 Å². The van der Waals surface area contributed by atoms with Gasteiger partial charge in [-0.05, 0) is 44.1 Å². The van der Waals surface area contributed by atoms with Gasteiger partial charge in [0.15, 0.2) is 0 Å². The molecule has 0 saturated carbocycles. The second kappa shape index (κ2) is 5.14. The largest absolute Gasteiger partial charge is 0.444 e. The summed E-state index contributed by atoms with van der Waals surface area (Å²) in [5, 5.41) is 5.58. The van der Waals surface area contributed by atoms with Gasteiger partial charge >= 0.3 is 6.09 Å². The molecule has 0 heterocycles. The SMILES string of the molecule is CC(C)(C)OC(=O)Nc1ccc(Cl)cc1N=O. The van der Waals surface area contributed by atoms with Crippen molar-refractivity contribution in [3.05, 3.63) is 28.1 Å². The number of ether oxygens (including phenoxy) is 1. The lowest BCUT2D eigenvalue weighted by molar-refractivity contribution is 0.0636. The van der Waals surface area contributed by atoms with Gasteiger partial charge in [-0.25, -0.2) is 4.79 Å². The third-order valence-electron chi connectivity index (χ3n) is 1.69. The van der Waals surface area contributed by atoms with Crippen LogP contribution in [0.2, 0.25) is 5.02 Å². The number of nitrogens with one attached hydrogen (secondary N) is 1. The number of carbonyl (C=O) groups is 1. The number of rotatable bonds is 2. The Hall–Kier alpha value is -1.62. The lowest BCUT2D eigenvalue weighted by Gasteiger charge is -2.19. The van der Waals surface area contributed by atoms with E-state index in [1.54, 1.807) is 26.8 Å². The van der Waals surface area contributed by atoms with Crippen LogP contribution in [0.3, 0.4) is 0 Å². The molecule has 5 nitrogen and oxygen atoms in total. The number of benzene rings is 1. The summed E-state index contributed by atoms with van der Waals surface area (Å²) in [6.45, 7) is 5.23. The van der Waals surface area contributed by atoms with Gasteiger partial charge < -0.3 is 4.74 Å². The molecule has 1 aromatic carbocycles. The zero-order valence-corrected chi connectivity index (χ0v) is 10.5. The predicted molar refractivity (Wildman–Crippen MR) is 66.8 cm³/mol. The molecular weight excluding hydrogens is 244 g/mol. The fourth-order valence-corrected chi connectivity index (χ4v) is 1.27. The molecule has 6 heteroatoms. The molecule has 0 atom stereocenters. The number of amides is 1. The molecule has 0 unspecified atom stereocenters. The summed E-state index contributed by atoms with van der Waals surface area (Å²) in [5.41, 5.74) is -0.285. The molecule has 0 aromatic heterocycles. The van der Waals surface area contributed by atoms with Crippen LogP contribution < -0.4 is 5.32 Å². The summed E-state index contributed by atoms with van der Waals surface area (Å²) in [6.07, 6.45) is -0.648. The molecule has 0 aliphatic rings. The van der Waals surface area contributed by atoms with Gasteiger partial charge in [0.1, 0.15) is 11.3 Å². The first kappa shape index (κ1) is 13.4. The minimum atomic E-state index is -0.648. The number of nitrogens with zero attached hydrogens (tertiary/aromatic N) is 1. The van der Waals surface area contributed by atoms with E-state index in [-0.39, 0.29) is 11.4 Å². The molecule has 0 saturated heterocycles. The van der Waals surface area contributed by atoms with Crippen LogP contribution in [0, 0.1) is 4.91 Å². The molecule has 1 amide bonds. The predicted octanol–water partition coefficient (Wildman–Crippen LogP) is 4.08. The minimum absolute atomic E-state index is 0.0587. The fourth-order valence-electron chi connectivity index (χ4n) is 1.10. The molecular formula is C11H13ClN2O3. The normalized spacial score (nSPS) is 10.8. The van der Waals surface area contributed by atoms with E-state index in [1.165, 1.54) is 12.1 Å². The van der Waals surface area contributed by atoms with Gasteiger partial charge in [0, 0.05) is 5.02 Å². The van der Waals surface area contributed by atoms with Crippen LogP contribution in [0.1, 0.15) is 20.8 Å². The highest BCUT2D eigenvalue weighted by Crippen LogP contribution is 2.28. The van der Waals surface area contributed by atoms with Gasteiger partial charge in [0.25, 0.3) is 0 Å². The molecule has 0 bridgehead atoms. The summed E-state index contributed by atoms with van der Waals surface area (Å²) in [6, 6.07) is 4.40. The molecule has 0 spiro atoms. The van der Waals surface area contributed by atoms with Crippen molar-refractivity contribution in [1.29, 1.82) is 0 Å². The number of halogens is 1. The van der Waals surface area contributed by atoms with E-state index in [1.807, 2.05) is 0 Å². The number of carbonyl (C=O) groups excluding carboxylic acids is 1. The molecule has 1 aromatic rings. The van der Waals surface area contributed by atoms with Crippen LogP contribution in [0.25, 0.3) is 0 Å². The van der Waals surface area contributed by atoms with Crippen molar-refractivity contribution in [2.24, 2.45) is 5.18 Å². The van der Waals surface area contributed by atoms with Crippen molar-refractivity contribution in [2.45, 2.75) is 26.4 Å². The third-order valence-corrected chi connectivity index (χ3v) is 1.93. The summed E-state index contributed by atoms with van der Waals surface area (Å²) in [5.74, 6) is 0. The molecule has 0 radical (unpaired) electrons. The Kier molecular flexibility index (Phi) is 4.07. The van der Waals surface area contributed by atoms with E-state index in [4.69, 9.17) is 16.3 Å². The Morgan fingerprint density at radius 2 is 2.06 bits per heavy atom. The monoisotopic (exact) mass is 256 g/mol. The third kappa shape index (κ3) is 4.40. The van der Waals surface area contributed by atoms with Crippen molar-refractivity contribution in [3.63, 3.8) is 0 Å². The van der Waals surface area contributed by atoms with Crippen molar-refractivity contribution in [3.8, 4) is 0 Å². The second-order valence-electron chi connectivity index (χ2n) is 4.38. The molecule has 1 rings (SSSR count). The zero-order chi connectivity index (χ0) is 13.1. The Morgan fingerprint density at radius 1 is 1.41 bits per heavy atom. The number of hydrogen-bond acceptors (Lipinski definition) is 4. The Bertz CT molecular complexity index is 441. The Balaban J connectivity index is 2.81. The molecule has 1 N–H and O–H groups in total. The average molecular weight is 257 g/mol. The van der Waals surface area contributed by atoms with Gasteiger partial charge in [-0.3, -0.25) is 5.32 Å². The summed E-state index contributed by atoms with van der Waals surface area (Å²) >= 11 is 5.70. The quantitative estimate of drug-likeness (QED) is 0.811. The molecule has 0 fully saturated rings. The highest BCUT2D eigenvalue weighted by Gasteiger charge is 2.17. The van der Waals surface area contributed by atoms with E-state index in [9.17, 15) is 9.70 Å². The topological polar surface area (TPSA) is 67.8 Å². The van der Waals surface area contributed by atoms with E-state index in [0.29, 0.717) is 5.02 Å². The van der Waals surface area contributed by atoms with Crippen LogP contribution >= 0.6 is 11.6 Å². The Labute approximate surface area is 104 Å². The smallest absolute Gasteiger partial charge is 0.412 e. The second-order valence-corrected chi connectivity index (χ2v) is 4.82. The number of anilines is 1. The maximum absolute atomic E-state index is 11.5. The van der Waals surface area contributed by atoms with Gasteiger partial charge in [0.2, 0.25) is 0 Å². The lowest BCUT2D eigenvalue weighted by atomic mass is 10.2. The van der Waals surface area contributed by atoms with Crippen molar-refractivity contribution >= 4 is 29.1 Å². The summed E-state index contributed by atoms with van der Waals surface area (Å²) in [4.78, 5) is 22.0. The fraction of sp³-hybridized carbons (Fsp3) is 0.364. The van der Waals surface area contributed by atoms with Crippen LogP contribution in [-0.2, 0) is 4.74 Å². The van der Waals surface area contributed by atoms with Crippen molar-refractivity contribution < 1.29 is 9.53 Å². The summed E-state index contributed by atoms with van der Waals surface area (Å²) < 4.78 is 5.04. The Morgan fingerprint density at radius 3 is 2.59 bits per heavy atom. The van der Waals surface area contributed by atoms with Gasteiger partial charge in [-0.1, -0.05) is 11.6 Å². The molecule has 0 aliphatic heterocycles. The first-order valence-electron chi connectivity index (χ1n) is 4.95. The van der Waals surface area contributed by atoms with E-state index in [0.717, 1.165) is 0 Å². The van der Waals surface area contributed by atoms with Gasteiger partial charge in [0.05, 0.1) is 5.69 Å². The molecule has 17 heavy (non-hydrogen) atoms. The van der Waals surface area contributed by atoms with Crippen LogP contribution in [0.5, 0.6) is 0 Å². The summed E-state index contributed by atoms with van der Waals surface area (Å²) in [7, 11) is 0. The van der Waals surface area contributed by atoms with E-state index < -0.39 is 11.7 Å². The first-order chi connectivity index (χ1) is 7.81. The zero-order valence-electron chi connectivity index (χ0n) is 9.78. The molecule has 0 aliphatic carbocycles. The standard InChI is InChI=1S/C11H13ClN2O3/c1-11(2,3)17-10(15)13-8-5-4-7(12)6-9(8)14-16/h4-6H,1-3H3,(H,13,15). The van der Waals surface area contributed by atoms with Crippen molar-refractivity contribution in [1.82, 2.24) is 0 Å². The van der Waals surface area contributed by atoms with E-state index >= 15 is 0 Å². The number of nitroso groups, excluding NO2 is 1.